The van der Waals surface area contributed by atoms with Gasteiger partial charge in [-0.25, -0.2) is 0 Å². The van der Waals surface area contributed by atoms with Gasteiger partial charge in [0.15, 0.2) is 11.5 Å². The number of ether oxygens (including phenoxy) is 2. The Morgan fingerprint density at radius 1 is 0.529 bits per heavy atom. The van der Waals surface area contributed by atoms with Crippen LogP contribution in [0, 0.1) is 20.8 Å². The predicted octanol–water partition coefficient (Wildman–Crippen LogP) is 10.3. The highest BCUT2D eigenvalue weighted by Gasteiger charge is 2.46. The first kappa shape index (κ1) is 33.5. The predicted molar refractivity (Wildman–Crippen MR) is 217 cm³/mol. The Morgan fingerprint density at radius 3 is 1.73 bits per heavy atom. The highest BCUT2D eigenvalue weighted by atomic mass is 16.7. The SMILES string of the molecule is Cc1cc2c3c(c1)N(c1c(C)cc(C(C)(C)C)cc1C)c1c(ccc4c1OCO4)B3c1cc(C(C)(C)C)ccc1N2c1ccc(C(C)(C)C)cc1. The summed E-state index contributed by atoms with van der Waals surface area (Å²) in [6.07, 6.45) is 0. The molecular weight excluding hydrogens is 623 g/mol. The van der Waals surface area contributed by atoms with E-state index in [1.54, 1.807) is 0 Å². The number of fused-ring (bicyclic) bond motifs is 6. The summed E-state index contributed by atoms with van der Waals surface area (Å²) in [6, 6.07) is 30.3. The van der Waals surface area contributed by atoms with Crippen LogP contribution in [0.3, 0.4) is 0 Å². The lowest BCUT2D eigenvalue weighted by Crippen LogP contribution is -2.61. The van der Waals surface area contributed by atoms with Crippen molar-refractivity contribution in [3.8, 4) is 11.5 Å². The minimum Gasteiger partial charge on any atom is -0.454 e. The largest absolute Gasteiger partial charge is 0.454 e. The average Bonchev–Trinajstić information content (AvgIpc) is 3.53. The summed E-state index contributed by atoms with van der Waals surface area (Å²) in [5.41, 5.74) is 18.8. The summed E-state index contributed by atoms with van der Waals surface area (Å²) in [4.78, 5) is 5.01. The van der Waals surface area contributed by atoms with Gasteiger partial charge in [-0.1, -0.05) is 105 Å². The summed E-state index contributed by atoms with van der Waals surface area (Å²) in [5, 5.41) is 0. The van der Waals surface area contributed by atoms with E-state index >= 15 is 0 Å². The van der Waals surface area contributed by atoms with Crippen LogP contribution in [-0.4, -0.2) is 13.5 Å². The Balaban J connectivity index is 1.48. The van der Waals surface area contributed by atoms with Gasteiger partial charge in [0.2, 0.25) is 6.79 Å². The van der Waals surface area contributed by atoms with Crippen LogP contribution in [0.2, 0.25) is 0 Å². The maximum absolute atomic E-state index is 6.41. The summed E-state index contributed by atoms with van der Waals surface area (Å²) in [5.74, 6) is 1.63. The monoisotopic (exact) mass is 674 g/mol. The van der Waals surface area contributed by atoms with Gasteiger partial charge in [0.25, 0.3) is 6.71 Å². The van der Waals surface area contributed by atoms with Crippen LogP contribution in [0.15, 0.2) is 78.9 Å². The second-order valence-corrected chi connectivity index (χ2v) is 18.1. The Kier molecular flexibility index (Phi) is 7.35. The molecule has 0 aromatic heterocycles. The van der Waals surface area contributed by atoms with Gasteiger partial charge in [0.1, 0.15) is 0 Å². The molecule has 5 aromatic carbocycles. The lowest BCUT2D eigenvalue weighted by Gasteiger charge is -2.45. The molecule has 0 aliphatic carbocycles. The molecule has 0 fully saturated rings. The molecule has 0 spiro atoms. The third kappa shape index (κ3) is 5.26. The first-order chi connectivity index (χ1) is 23.9. The van der Waals surface area contributed by atoms with Crippen LogP contribution < -0.4 is 35.7 Å². The Hall–Kier alpha value is -4.64. The highest BCUT2D eigenvalue weighted by molar-refractivity contribution is 7.00. The van der Waals surface area contributed by atoms with E-state index in [2.05, 4.69) is 172 Å². The summed E-state index contributed by atoms with van der Waals surface area (Å²) in [7, 11) is 0. The van der Waals surface area contributed by atoms with Crippen LogP contribution in [0.4, 0.5) is 34.1 Å². The van der Waals surface area contributed by atoms with E-state index in [-0.39, 0.29) is 29.8 Å². The zero-order valence-corrected chi connectivity index (χ0v) is 32.5. The molecule has 5 heteroatoms. The van der Waals surface area contributed by atoms with Gasteiger partial charge in [0.05, 0.1) is 11.4 Å². The summed E-state index contributed by atoms with van der Waals surface area (Å²) in [6.45, 7) is 27.6. The van der Waals surface area contributed by atoms with Gasteiger partial charge in [0, 0.05) is 22.7 Å². The first-order valence-corrected chi connectivity index (χ1v) is 18.5. The van der Waals surface area contributed by atoms with E-state index < -0.39 is 0 Å². The third-order valence-corrected chi connectivity index (χ3v) is 11.1. The first-order valence-electron chi connectivity index (χ1n) is 18.5. The van der Waals surface area contributed by atoms with Gasteiger partial charge in [-0.15, -0.1) is 0 Å². The van der Waals surface area contributed by atoms with Gasteiger partial charge in [-0.05, 0) is 123 Å². The standard InChI is InChI=1S/C46H51BN2O2/c1-27-21-37-40-38(22-27)49(41-28(2)23-32(24-29(41)3)46(10,11)12)42-34(18-20-39-43(42)51-26-50-39)47(40)35-25-31(45(7,8)9)15-19-36(35)48(37)33-16-13-30(14-17-33)44(4,5)6/h13-25H,26H2,1-12H3. The van der Waals surface area contributed by atoms with Crippen molar-refractivity contribution in [3.63, 3.8) is 0 Å². The van der Waals surface area contributed by atoms with E-state index in [9.17, 15) is 0 Å². The molecule has 260 valence electrons. The minimum absolute atomic E-state index is 0.00760. The Bertz CT molecular complexity index is 2210. The molecule has 0 radical (unpaired) electrons. The normalized spacial score (nSPS) is 14.8. The molecule has 51 heavy (non-hydrogen) atoms. The molecule has 0 saturated carbocycles. The summed E-state index contributed by atoms with van der Waals surface area (Å²) >= 11 is 0. The molecule has 0 amide bonds. The lowest BCUT2D eigenvalue weighted by atomic mass is 9.33. The van der Waals surface area contributed by atoms with Gasteiger partial charge >= 0.3 is 0 Å². The quantitative estimate of drug-likeness (QED) is 0.171. The van der Waals surface area contributed by atoms with Gasteiger partial charge in [-0.3, -0.25) is 0 Å². The smallest absolute Gasteiger partial charge is 0.252 e. The fourth-order valence-electron chi connectivity index (χ4n) is 8.41. The molecule has 3 aliphatic rings. The third-order valence-electron chi connectivity index (χ3n) is 11.1. The van der Waals surface area contributed by atoms with Crippen LogP contribution in [0.25, 0.3) is 0 Å². The molecule has 3 aliphatic heterocycles. The second kappa shape index (κ2) is 11.2. The van der Waals surface area contributed by atoms with Gasteiger partial charge in [-0.2, -0.15) is 0 Å². The van der Waals surface area contributed by atoms with Crippen molar-refractivity contribution in [2.75, 3.05) is 16.6 Å². The number of nitrogens with zero attached hydrogens (tertiary/aromatic N) is 2. The van der Waals surface area contributed by atoms with Crippen molar-refractivity contribution >= 4 is 57.2 Å². The molecule has 4 nitrogen and oxygen atoms in total. The molecule has 0 atom stereocenters. The highest BCUT2D eigenvalue weighted by Crippen LogP contribution is 2.52. The van der Waals surface area contributed by atoms with E-state index in [1.807, 2.05) is 0 Å². The molecule has 5 aromatic rings. The van der Waals surface area contributed by atoms with Crippen molar-refractivity contribution in [2.45, 2.75) is 99.3 Å². The Morgan fingerprint density at radius 2 is 1.12 bits per heavy atom. The zero-order chi connectivity index (χ0) is 36.4. The van der Waals surface area contributed by atoms with E-state index in [0.29, 0.717) is 0 Å². The average molecular weight is 675 g/mol. The molecule has 8 rings (SSSR count). The molecule has 3 heterocycles. The van der Waals surface area contributed by atoms with Crippen molar-refractivity contribution in [1.82, 2.24) is 0 Å². The van der Waals surface area contributed by atoms with Crippen LogP contribution in [-0.2, 0) is 16.2 Å². The topological polar surface area (TPSA) is 24.9 Å². The zero-order valence-electron chi connectivity index (χ0n) is 32.5. The minimum atomic E-state index is -0.00789. The maximum Gasteiger partial charge on any atom is 0.252 e. The van der Waals surface area contributed by atoms with Crippen LogP contribution in [0.1, 0.15) is 95.7 Å². The van der Waals surface area contributed by atoms with Crippen LogP contribution in [0.5, 0.6) is 11.5 Å². The van der Waals surface area contributed by atoms with Crippen molar-refractivity contribution in [2.24, 2.45) is 0 Å². The second-order valence-electron chi connectivity index (χ2n) is 18.1. The number of hydrogen-bond donors (Lipinski definition) is 0. The molecule has 0 unspecified atom stereocenters. The van der Waals surface area contributed by atoms with E-state index in [4.69, 9.17) is 9.47 Å². The number of benzene rings is 5. The maximum atomic E-state index is 6.41. The number of anilines is 6. The fraction of sp³-hybridized carbons (Fsp3) is 0.348. The molecular formula is C46H51BN2O2. The van der Waals surface area contributed by atoms with E-state index in [0.717, 1.165) is 17.2 Å². The lowest BCUT2D eigenvalue weighted by molar-refractivity contribution is 0.174. The summed E-state index contributed by atoms with van der Waals surface area (Å²) < 4.78 is 12.5. The van der Waals surface area contributed by atoms with Crippen molar-refractivity contribution in [1.29, 1.82) is 0 Å². The van der Waals surface area contributed by atoms with E-state index in [1.165, 1.54) is 78.2 Å². The van der Waals surface area contributed by atoms with Crippen molar-refractivity contribution in [3.05, 3.63) is 112 Å². The van der Waals surface area contributed by atoms with Crippen molar-refractivity contribution < 1.29 is 9.47 Å². The number of aryl methyl sites for hydroxylation is 3. The molecule has 0 bridgehead atoms. The fourth-order valence-corrected chi connectivity index (χ4v) is 8.41. The number of rotatable bonds is 2. The van der Waals surface area contributed by atoms with Gasteiger partial charge < -0.3 is 19.3 Å². The molecule has 0 N–H and O–H groups in total. The Labute approximate surface area is 305 Å². The number of hydrogen-bond acceptors (Lipinski definition) is 4. The van der Waals surface area contributed by atoms with Crippen LogP contribution >= 0.6 is 0 Å². The molecule has 0 saturated heterocycles.